The minimum Gasteiger partial charge on any atom is -0.457 e. The lowest BCUT2D eigenvalue weighted by Crippen LogP contribution is -2.29. The van der Waals surface area contributed by atoms with Gasteiger partial charge in [-0.05, 0) is 43.2 Å². The maximum atomic E-state index is 12.8. The zero-order chi connectivity index (χ0) is 21.8. The Morgan fingerprint density at radius 2 is 2.03 bits per heavy atom. The van der Waals surface area contributed by atoms with Crippen LogP contribution in [0.4, 0.5) is 0 Å². The number of carbonyl (C=O) groups excluding carboxylic acids is 1. The first kappa shape index (κ1) is 22.0. The molecule has 0 unspecified atom stereocenters. The first-order chi connectivity index (χ1) is 15.0. The van der Waals surface area contributed by atoms with Crippen molar-refractivity contribution in [2.24, 2.45) is 0 Å². The number of H-pyrrole nitrogens is 1. The number of rotatable bonds is 8. The standard InChI is InChI=1S/C20H17Cl2N5O2S2/c21-14-7-5-12(10-15(14)22)16-8-6-13(29-16)11-17-19(28)27(20(30)31-17)9-3-1-2-4-18-23-25-26-24-18/h5-8,10-11H,1-4,9H2,(H,23,24,25,26)/b17-11+. The van der Waals surface area contributed by atoms with E-state index >= 15 is 0 Å². The molecule has 7 nitrogen and oxygen atoms in total. The van der Waals surface area contributed by atoms with Crippen LogP contribution in [0.3, 0.4) is 0 Å². The van der Waals surface area contributed by atoms with E-state index in [0.717, 1.165) is 31.2 Å². The zero-order valence-electron chi connectivity index (χ0n) is 16.2. The molecule has 0 saturated carbocycles. The van der Waals surface area contributed by atoms with E-state index in [0.29, 0.717) is 43.2 Å². The lowest BCUT2D eigenvalue weighted by molar-refractivity contribution is -0.122. The third-order valence-electron chi connectivity index (χ3n) is 4.65. The van der Waals surface area contributed by atoms with Gasteiger partial charge in [-0.2, -0.15) is 5.21 Å². The fourth-order valence-electron chi connectivity index (χ4n) is 3.08. The largest absolute Gasteiger partial charge is 0.457 e. The molecular weight excluding hydrogens is 477 g/mol. The highest BCUT2D eigenvalue weighted by atomic mass is 35.5. The number of benzene rings is 1. The van der Waals surface area contributed by atoms with Gasteiger partial charge >= 0.3 is 0 Å². The van der Waals surface area contributed by atoms with Crippen molar-refractivity contribution in [3.63, 3.8) is 0 Å². The second-order valence-corrected chi connectivity index (χ2v) is 9.29. The summed E-state index contributed by atoms with van der Waals surface area (Å²) in [5.74, 6) is 1.82. The normalized spacial score (nSPS) is 15.4. The number of amides is 1. The van der Waals surface area contributed by atoms with Crippen LogP contribution in [0.2, 0.25) is 10.0 Å². The van der Waals surface area contributed by atoms with Crippen LogP contribution in [-0.4, -0.2) is 42.3 Å². The second-order valence-electron chi connectivity index (χ2n) is 6.80. The summed E-state index contributed by atoms with van der Waals surface area (Å²) in [6.07, 6.45) is 5.19. The molecule has 1 amide bonds. The van der Waals surface area contributed by atoms with Crippen molar-refractivity contribution in [1.82, 2.24) is 25.5 Å². The number of hydrogen-bond donors (Lipinski definition) is 1. The van der Waals surface area contributed by atoms with Gasteiger partial charge in [0, 0.05) is 24.6 Å². The van der Waals surface area contributed by atoms with Crippen LogP contribution in [0, 0.1) is 0 Å². The number of thiocarbonyl (C=S) groups is 1. The van der Waals surface area contributed by atoms with Crippen LogP contribution in [0.25, 0.3) is 17.4 Å². The summed E-state index contributed by atoms with van der Waals surface area (Å²) in [6.45, 7) is 0.584. The molecule has 1 aliphatic rings. The summed E-state index contributed by atoms with van der Waals surface area (Å²) in [5.41, 5.74) is 0.808. The van der Waals surface area contributed by atoms with Gasteiger partial charge in [-0.3, -0.25) is 9.69 Å². The number of nitrogens with one attached hydrogen (secondary N) is 1. The molecule has 3 heterocycles. The van der Waals surface area contributed by atoms with Gasteiger partial charge in [0.25, 0.3) is 5.91 Å². The zero-order valence-corrected chi connectivity index (χ0v) is 19.3. The van der Waals surface area contributed by atoms with E-state index < -0.39 is 0 Å². The van der Waals surface area contributed by atoms with E-state index in [9.17, 15) is 4.79 Å². The first-order valence-corrected chi connectivity index (χ1v) is 11.5. The average molecular weight is 494 g/mol. The number of aromatic nitrogens is 4. The van der Waals surface area contributed by atoms with Crippen molar-refractivity contribution in [3.8, 4) is 11.3 Å². The number of hydrogen-bond acceptors (Lipinski definition) is 7. The highest BCUT2D eigenvalue weighted by Crippen LogP contribution is 2.34. The molecule has 1 N–H and O–H groups in total. The maximum absolute atomic E-state index is 12.8. The van der Waals surface area contributed by atoms with Crippen molar-refractivity contribution in [2.75, 3.05) is 6.54 Å². The molecule has 0 radical (unpaired) electrons. The number of furan rings is 1. The van der Waals surface area contributed by atoms with Gasteiger partial charge in [0.1, 0.15) is 15.8 Å². The number of unbranched alkanes of at least 4 members (excludes halogenated alkanes) is 2. The van der Waals surface area contributed by atoms with Gasteiger partial charge in [-0.25, -0.2) is 0 Å². The predicted molar refractivity (Wildman–Crippen MR) is 126 cm³/mol. The molecule has 0 bridgehead atoms. The van der Waals surface area contributed by atoms with Crippen LogP contribution in [0.5, 0.6) is 0 Å². The van der Waals surface area contributed by atoms with Crippen LogP contribution >= 0.6 is 47.2 Å². The lowest BCUT2D eigenvalue weighted by Gasteiger charge is -2.13. The Labute approximate surface area is 198 Å². The van der Waals surface area contributed by atoms with Gasteiger partial charge in [0.05, 0.1) is 15.0 Å². The molecule has 1 fully saturated rings. The minimum atomic E-state index is -0.0966. The van der Waals surface area contributed by atoms with Gasteiger partial charge in [-0.15, -0.1) is 10.2 Å². The van der Waals surface area contributed by atoms with Gasteiger partial charge < -0.3 is 4.42 Å². The van der Waals surface area contributed by atoms with Crippen LogP contribution in [-0.2, 0) is 11.2 Å². The molecule has 1 aromatic carbocycles. The van der Waals surface area contributed by atoms with Gasteiger partial charge in [0.2, 0.25) is 0 Å². The number of nitrogens with zero attached hydrogens (tertiary/aromatic N) is 4. The van der Waals surface area contributed by atoms with Crippen LogP contribution in [0.1, 0.15) is 30.8 Å². The van der Waals surface area contributed by atoms with Crippen molar-refractivity contribution in [1.29, 1.82) is 0 Å². The highest BCUT2D eigenvalue weighted by molar-refractivity contribution is 8.26. The van der Waals surface area contributed by atoms with Gasteiger partial charge in [-0.1, -0.05) is 58.8 Å². The van der Waals surface area contributed by atoms with Crippen molar-refractivity contribution >= 4 is 63.5 Å². The molecule has 3 aromatic rings. The van der Waals surface area contributed by atoms with Crippen molar-refractivity contribution in [3.05, 3.63) is 56.9 Å². The van der Waals surface area contributed by atoms with Crippen LogP contribution in [0.15, 0.2) is 39.7 Å². The number of aryl methyl sites for hydroxylation is 1. The van der Waals surface area contributed by atoms with Gasteiger partial charge in [0.15, 0.2) is 5.82 Å². The Bertz CT molecular complexity index is 1130. The van der Waals surface area contributed by atoms with Crippen molar-refractivity contribution in [2.45, 2.75) is 25.7 Å². The van der Waals surface area contributed by atoms with E-state index in [2.05, 4.69) is 20.6 Å². The monoisotopic (exact) mass is 493 g/mol. The summed E-state index contributed by atoms with van der Waals surface area (Å²) >= 11 is 18.7. The Kier molecular flexibility index (Phi) is 7.06. The SMILES string of the molecule is O=C1/C(=C\c2ccc(-c3ccc(Cl)c(Cl)c3)o2)SC(=S)N1CCCCCc1nn[nH]n1. The van der Waals surface area contributed by atoms with E-state index in [1.807, 2.05) is 18.2 Å². The fourth-order valence-corrected chi connectivity index (χ4v) is 4.66. The molecule has 0 spiro atoms. The number of aromatic amines is 1. The minimum absolute atomic E-state index is 0.0966. The molecular formula is C20H17Cl2N5O2S2. The maximum Gasteiger partial charge on any atom is 0.266 e. The summed E-state index contributed by atoms with van der Waals surface area (Å²) < 4.78 is 6.43. The summed E-state index contributed by atoms with van der Waals surface area (Å²) in [6, 6.07) is 8.92. The summed E-state index contributed by atoms with van der Waals surface area (Å²) in [4.78, 5) is 15.0. The number of thioether (sulfide) groups is 1. The lowest BCUT2D eigenvalue weighted by atomic mass is 10.2. The third-order valence-corrected chi connectivity index (χ3v) is 6.77. The molecule has 1 aliphatic heterocycles. The smallest absolute Gasteiger partial charge is 0.266 e. The average Bonchev–Trinajstić information content (AvgIpc) is 3.48. The number of carbonyl (C=O) groups is 1. The Balaban J connectivity index is 1.34. The van der Waals surface area contributed by atoms with Crippen LogP contribution < -0.4 is 0 Å². The Morgan fingerprint density at radius 1 is 1.16 bits per heavy atom. The molecule has 2 aromatic heterocycles. The molecule has 4 rings (SSSR count). The fraction of sp³-hybridized carbons (Fsp3) is 0.250. The second kappa shape index (κ2) is 9.95. The molecule has 11 heteroatoms. The molecule has 0 aliphatic carbocycles. The summed E-state index contributed by atoms with van der Waals surface area (Å²) in [5, 5.41) is 14.8. The summed E-state index contributed by atoms with van der Waals surface area (Å²) in [7, 11) is 0. The third kappa shape index (κ3) is 5.35. The Hall–Kier alpha value is -2.20. The first-order valence-electron chi connectivity index (χ1n) is 9.54. The number of tetrazole rings is 1. The molecule has 0 atom stereocenters. The Morgan fingerprint density at radius 3 is 2.81 bits per heavy atom. The molecule has 1 saturated heterocycles. The van der Waals surface area contributed by atoms with E-state index in [1.165, 1.54) is 11.8 Å². The molecule has 160 valence electrons. The van der Waals surface area contributed by atoms with E-state index in [1.54, 1.807) is 23.1 Å². The predicted octanol–water partition coefficient (Wildman–Crippen LogP) is 5.38. The topological polar surface area (TPSA) is 87.9 Å². The van der Waals surface area contributed by atoms with E-state index in [-0.39, 0.29) is 5.91 Å². The highest BCUT2D eigenvalue weighted by Gasteiger charge is 2.31. The quantitative estimate of drug-likeness (QED) is 0.256. The van der Waals surface area contributed by atoms with E-state index in [4.69, 9.17) is 39.8 Å². The van der Waals surface area contributed by atoms with Crippen molar-refractivity contribution < 1.29 is 9.21 Å². The number of halogens is 2. The molecule has 31 heavy (non-hydrogen) atoms.